The second kappa shape index (κ2) is 10.5. The molecular weight excluding hydrogens is 412 g/mol. The summed E-state index contributed by atoms with van der Waals surface area (Å²) in [6.07, 6.45) is 5.44. The van der Waals surface area contributed by atoms with Crippen molar-refractivity contribution in [1.82, 2.24) is 20.1 Å². The van der Waals surface area contributed by atoms with Crippen molar-refractivity contribution in [1.29, 1.82) is 0 Å². The van der Waals surface area contributed by atoms with Gasteiger partial charge in [0.15, 0.2) is 0 Å². The fourth-order valence-electron chi connectivity index (χ4n) is 5.06. The molecule has 1 atom stereocenters. The molecule has 1 aromatic heterocycles. The van der Waals surface area contributed by atoms with Crippen LogP contribution in [0.5, 0.6) is 0 Å². The summed E-state index contributed by atoms with van der Waals surface area (Å²) in [5.41, 5.74) is 1.91. The molecule has 2 amide bonds. The highest BCUT2D eigenvalue weighted by Crippen LogP contribution is 2.42. The number of amides is 2. The third-order valence-corrected chi connectivity index (χ3v) is 7.27. The van der Waals surface area contributed by atoms with Gasteiger partial charge in [0, 0.05) is 25.2 Å². The van der Waals surface area contributed by atoms with E-state index in [0.29, 0.717) is 12.5 Å². The van der Waals surface area contributed by atoms with E-state index in [4.69, 9.17) is 0 Å². The van der Waals surface area contributed by atoms with Crippen molar-refractivity contribution in [2.75, 3.05) is 26.2 Å². The van der Waals surface area contributed by atoms with E-state index in [1.165, 1.54) is 0 Å². The van der Waals surface area contributed by atoms with Crippen LogP contribution in [0.3, 0.4) is 0 Å². The zero-order valence-electron chi connectivity index (χ0n) is 19.9. The summed E-state index contributed by atoms with van der Waals surface area (Å²) in [5, 5.41) is 3.22. The zero-order chi connectivity index (χ0) is 23.3. The van der Waals surface area contributed by atoms with Gasteiger partial charge < -0.3 is 15.1 Å². The summed E-state index contributed by atoms with van der Waals surface area (Å²) in [5.74, 6) is 0.360. The van der Waals surface area contributed by atoms with Crippen LogP contribution in [-0.4, -0.2) is 52.8 Å². The molecular formula is C27H36N4O2. The number of aromatic nitrogens is 1. The van der Waals surface area contributed by atoms with Gasteiger partial charge in [0.25, 0.3) is 0 Å². The highest BCUT2D eigenvalue weighted by molar-refractivity contribution is 5.85. The van der Waals surface area contributed by atoms with Crippen LogP contribution in [0.2, 0.25) is 0 Å². The number of hydrogen-bond donors (Lipinski definition) is 1. The SMILES string of the molecule is CC(C)C(=O)NC(CCN1CCC2(CC1)CCN(Cc1ccccn1)C2=O)c1ccccc1. The minimum absolute atomic E-state index is 0.0129. The van der Waals surface area contributed by atoms with Gasteiger partial charge in [0.2, 0.25) is 11.8 Å². The van der Waals surface area contributed by atoms with Crippen LogP contribution in [0.1, 0.15) is 56.8 Å². The van der Waals surface area contributed by atoms with E-state index in [2.05, 4.69) is 27.3 Å². The number of pyridine rings is 1. The lowest BCUT2D eigenvalue weighted by Gasteiger charge is -2.38. The van der Waals surface area contributed by atoms with Crippen LogP contribution in [0.25, 0.3) is 0 Å². The lowest BCUT2D eigenvalue weighted by molar-refractivity contribution is -0.139. The highest BCUT2D eigenvalue weighted by Gasteiger charge is 2.47. The minimum Gasteiger partial charge on any atom is -0.349 e. The van der Waals surface area contributed by atoms with Gasteiger partial charge in [-0.15, -0.1) is 0 Å². The zero-order valence-corrected chi connectivity index (χ0v) is 19.9. The van der Waals surface area contributed by atoms with Crippen molar-refractivity contribution in [3.63, 3.8) is 0 Å². The first-order valence-corrected chi connectivity index (χ1v) is 12.2. The summed E-state index contributed by atoms with van der Waals surface area (Å²) >= 11 is 0. The Morgan fingerprint density at radius 3 is 2.39 bits per heavy atom. The first-order chi connectivity index (χ1) is 16.0. The predicted molar refractivity (Wildman–Crippen MR) is 129 cm³/mol. The smallest absolute Gasteiger partial charge is 0.229 e. The van der Waals surface area contributed by atoms with Gasteiger partial charge in [-0.05, 0) is 56.5 Å². The molecule has 1 N–H and O–H groups in total. The fourth-order valence-corrected chi connectivity index (χ4v) is 5.06. The normalized spacial score (nSPS) is 19.2. The van der Waals surface area contributed by atoms with E-state index in [0.717, 1.165) is 63.1 Å². The number of benzene rings is 1. The lowest BCUT2D eigenvalue weighted by Crippen LogP contribution is -2.45. The van der Waals surface area contributed by atoms with Gasteiger partial charge in [0.1, 0.15) is 0 Å². The molecule has 176 valence electrons. The van der Waals surface area contributed by atoms with Gasteiger partial charge in [-0.1, -0.05) is 50.2 Å². The van der Waals surface area contributed by atoms with Crippen molar-refractivity contribution in [2.45, 2.75) is 52.1 Å². The maximum atomic E-state index is 13.3. The molecule has 6 nitrogen and oxygen atoms in total. The van der Waals surface area contributed by atoms with Crippen molar-refractivity contribution in [2.24, 2.45) is 11.3 Å². The first kappa shape index (κ1) is 23.4. The van der Waals surface area contributed by atoms with Gasteiger partial charge in [-0.25, -0.2) is 0 Å². The molecule has 0 aliphatic carbocycles. The van der Waals surface area contributed by atoms with Crippen LogP contribution in [0.4, 0.5) is 0 Å². The monoisotopic (exact) mass is 448 g/mol. The highest BCUT2D eigenvalue weighted by atomic mass is 16.2. The third kappa shape index (κ3) is 5.61. The lowest BCUT2D eigenvalue weighted by atomic mass is 9.77. The molecule has 1 unspecified atom stereocenters. The molecule has 0 saturated carbocycles. The number of likely N-dealkylation sites (tertiary alicyclic amines) is 2. The van der Waals surface area contributed by atoms with Gasteiger partial charge in [0.05, 0.1) is 23.7 Å². The van der Waals surface area contributed by atoms with Crippen LogP contribution < -0.4 is 5.32 Å². The van der Waals surface area contributed by atoms with Gasteiger partial charge in [-0.3, -0.25) is 14.6 Å². The van der Waals surface area contributed by atoms with E-state index in [1.807, 2.05) is 55.1 Å². The molecule has 2 aromatic rings. The molecule has 1 aromatic carbocycles. The van der Waals surface area contributed by atoms with Crippen molar-refractivity contribution < 1.29 is 9.59 Å². The Kier molecular flexibility index (Phi) is 7.43. The standard InChI is InChI=1S/C27H36N4O2/c1-21(2)25(32)29-24(22-8-4-3-5-9-22)11-16-30-17-12-27(13-18-30)14-19-31(26(27)33)20-23-10-6-7-15-28-23/h3-10,15,21,24H,11-14,16-20H2,1-2H3,(H,29,32). The number of nitrogens with zero attached hydrogens (tertiary/aromatic N) is 3. The average Bonchev–Trinajstić information content (AvgIpc) is 3.13. The number of carbonyl (C=O) groups is 2. The summed E-state index contributed by atoms with van der Waals surface area (Å²) in [6, 6.07) is 16.1. The Hall–Kier alpha value is -2.73. The average molecular weight is 449 g/mol. The van der Waals surface area contributed by atoms with E-state index < -0.39 is 0 Å². The van der Waals surface area contributed by atoms with Crippen molar-refractivity contribution >= 4 is 11.8 Å². The second-order valence-corrected chi connectivity index (χ2v) is 9.83. The van der Waals surface area contributed by atoms with Crippen molar-refractivity contribution in [3.05, 3.63) is 66.0 Å². The molecule has 33 heavy (non-hydrogen) atoms. The summed E-state index contributed by atoms with van der Waals surface area (Å²) in [6.45, 7) is 8.08. The van der Waals surface area contributed by atoms with Crippen LogP contribution in [-0.2, 0) is 16.1 Å². The minimum atomic E-state index is -0.198. The topological polar surface area (TPSA) is 65.5 Å². The van der Waals surface area contributed by atoms with Crippen molar-refractivity contribution in [3.8, 4) is 0 Å². The quantitative estimate of drug-likeness (QED) is 0.667. The Labute approximate surface area is 197 Å². The molecule has 2 aliphatic heterocycles. The Morgan fingerprint density at radius 2 is 1.73 bits per heavy atom. The van der Waals surface area contributed by atoms with Crippen LogP contribution in [0.15, 0.2) is 54.7 Å². The summed E-state index contributed by atoms with van der Waals surface area (Å²) in [7, 11) is 0. The van der Waals surface area contributed by atoms with Crippen LogP contribution >= 0.6 is 0 Å². The molecule has 0 radical (unpaired) electrons. The maximum Gasteiger partial charge on any atom is 0.229 e. The number of rotatable bonds is 8. The largest absolute Gasteiger partial charge is 0.349 e. The third-order valence-electron chi connectivity index (χ3n) is 7.27. The molecule has 1 spiro atoms. The number of hydrogen-bond acceptors (Lipinski definition) is 4. The Balaban J connectivity index is 1.31. The first-order valence-electron chi connectivity index (χ1n) is 12.2. The van der Waals surface area contributed by atoms with Gasteiger partial charge in [-0.2, -0.15) is 0 Å². The number of nitrogens with one attached hydrogen (secondary N) is 1. The molecule has 4 rings (SSSR count). The molecule has 2 fully saturated rings. The molecule has 6 heteroatoms. The van der Waals surface area contributed by atoms with E-state index in [9.17, 15) is 9.59 Å². The van der Waals surface area contributed by atoms with E-state index in [1.54, 1.807) is 6.20 Å². The maximum absolute atomic E-state index is 13.3. The summed E-state index contributed by atoms with van der Waals surface area (Å²) in [4.78, 5) is 34.5. The predicted octanol–water partition coefficient (Wildman–Crippen LogP) is 3.80. The second-order valence-electron chi connectivity index (χ2n) is 9.83. The number of piperidine rings is 1. The molecule has 2 saturated heterocycles. The Morgan fingerprint density at radius 1 is 1.03 bits per heavy atom. The molecule has 3 heterocycles. The van der Waals surface area contributed by atoms with E-state index in [-0.39, 0.29) is 23.3 Å². The van der Waals surface area contributed by atoms with Crippen LogP contribution in [0, 0.1) is 11.3 Å². The van der Waals surface area contributed by atoms with E-state index >= 15 is 0 Å². The number of carbonyl (C=O) groups excluding carboxylic acids is 2. The molecule has 2 aliphatic rings. The Bertz CT molecular complexity index is 924. The molecule has 0 bridgehead atoms. The summed E-state index contributed by atoms with van der Waals surface area (Å²) < 4.78 is 0. The van der Waals surface area contributed by atoms with Gasteiger partial charge >= 0.3 is 0 Å². The fraction of sp³-hybridized carbons (Fsp3) is 0.519.